The van der Waals surface area contributed by atoms with Gasteiger partial charge in [-0.1, -0.05) is 0 Å². The van der Waals surface area contributed by atoms with Crippen molar-refractivity contribution in [2.75, 3.05) is 33.8 Å². The van der Waals surface area contributed by atoms with Gasteiger partial charge in [0.05, 0.1) is 25.3 Å². The zero-order valence-electron chi connectivity index (χ0n) is 13.1. The Labute approximate surface area is 126 Å². The van der Waals surface area contributed by atoms with Crippen molar-refractivity contribution in [3.8, 4) is 0 Å². The summed E-state index contributed by atoms with van der Waals surface area (Å²) >= 11 is 0. The molecule has 21 heavy (non-hydrogen) atoms. The Morgan fingerprint density at radius 3 is 2.81 bits per heavy atom. The van der Waals surface area contributed by atoms with E-state index in [1.807, 2.05) is 31.1 Å². The van der Waals surface area contributed by atoms with Crippen LogP contribution in [0.15, 0.2) is 22.8 Å². The molecule has 1 aliphatic heterocycles. The average Bonchev–Trinajstić information content (AvgIpc) is 2.97. The van der Waals surface area contributed by atoms with Crippen LogP contribution in [-0.4, -0.2) is 55.6 Å². The Kier molecular flexibility index (Phi) is 6.26. The topological polar surface area (TPSA) is 45.9 Å². The van der Waals surface area contributed by atoms with Crippen LogP contribution in [0.1, 0.15) is 31.4 Å². The van der Waals surface area contributed by atoms with Crippen LogP contribution in [0.5, 0.6) is 0 Å². The number of hydrogen-bond acceptors (Lipinski definition) is 4. The maximum atomic E-state index is 12.5. The van der Waals surface area contributed by atoms with Gasteiger partial charge < -0.3 is 19.0 Å². The van der Waals surface area contributed by atoms with Crippen LogP contribution in [0, 0.1) is 0 Å². The highest BCUT2D eigenvalue weighted by Crippen LogP contribution is 2.17. The van der Waals surface area contributed by atoms with Crippen molar-refractivity contribution in [3.05, 3.63) is 24.2 Å². The first-order valence-electron chi connectivity index (χ1n) is 7.71. The Balaban J connectivity index is 1.90. The molecule has 1 saturated heterocycles. The molecule has 1 unspecified atom stereocenters. The van der Waals surface area contributed by atoms with Crippen LogP contribution >= 0.6 is 0 Å². The number of hydrogen-bond donors (Lipinski definition) is 0. The molecule has 0 aromatic carbocycles. The molecule has 1 aliphatic rings. The summed E-state index contributed by atoms with van der Waals surface area (Å²) in [7, 11) is 4.03. The number of carbonyl (C=O) groups is 1. The lowest BCUT2D eigenvalue weighted by Gasteiger charge is -2.27. The van der Waals surface area contributed by atoms with E-state index in [1.54, 1.807) is 6.26 Å². The highest BCUT2D eigenvalue weighted by molar-refractivity contribution is 5.76. The maximum Gasteiger partial charge on any atom is 0.225 e. The molecular formula is C16H26N2O3. The predicted octanol–water partition coefficient (Wildman–Crippen LogP) is 2.13. The van der Waals surface area contributed by atoms with E-state index in [-0.39, 0.29) is 12.0 Å². The van der Waals surface area contributed by atoms with E-state index in [0.29, 0.717) is 19.5 Å². The largest absolute Gasteiger partial charge is 0.467 e. The molecule has 0 bridgehead atoms. The minimum atomic E-state index is 0.0877. The first-order valence-corrected chi connectivity index (χ1v) is 7.71. The molecule has 1 fully saturated rings. The smallest absolute Gasteiger partial charge is 0.225 e. The van der Waals surface area contributed by atoms with Gasteiger partial charge in [0, 0.05) is 19.7 Å². The third-order valence-electron chi connectivity index (χ3n) is 3.77. The third kappa shape index (κ3) is 5.52. The quantitative estimate of drug-likeness (QED) is 0.773. The standard InChI is InChI=1S/C16H26N2O3/c1-17(2)8-9-18(13-15-7-5-11-21-15)16(19)12-14-6-3-4-10-20-14/h5,7,11,14H,3-4,6,8-10,12-13H2,1-2H3. The van der Waals surface area contributed by atoms with E-state index in [0.717, 1.165) is 38.2 Å². The molecule has 0 radical (unpaired) electrons. The van der Waals surface area contributed by atoms with Gasteiger partial charge in [-0.15, -0.1) is 0 Å². The van der Waals surface area contributed by atoms with Crippen molar-refractivity contribution in [3.63, 3.8) is 0 Å². The summed E-state index contributed by atoms with van der Waals surface area (Å²) < 4.78 is 11.1. The fourth-order valence-electron chi connectivity index (χ4n) is 2.50. The second-order valence-corrected chi connectivity index (χ2v) is 5.89. The SMILES string of the molecule is CN(C)CCN(Cc1ccco1)C(=O)CC1CCCCO1. The lowest BCUT2D eigenvalue weighted by Crippen LogP contribution is -2.38. The molecule has 5 heteroatoms. The van der Waals surface area contributed by atoms with E-state index in [2.05, 4.69) is 4.90 Å². The van der Waals surface area contributed by atoms with Gasteiger partial charge >= 0.3 is 0 Å². The Hall–Kier alpha value is -1.33. The van der Waals surface area contributed by atoms with Crippen molar-refractivity contribution < 1.29 is 13.9 Å². The monoisotopic (exact) mass is 294 g/mol. The molecule has 0 aliphatic carbocycles. The molecule has 2 rings (SSSR count). The molecule has 2 heterocycles. The Morgan fingerprint density at radius 2 is 2.19 bits per heavy atom. The second-order valence-electron chi connectivity index (χ2n) is 5.89. The molecular weight excluding hydrogens is 268 g/mol. The van der Waals surface area contributed by atoms with E-state index >= 15 is 0 Å². The van der Waals surface area contributed by atoms with Crippen LogP contribution in [0.25, 0.3) is 0 Å². The first kappa shape index (κ1) is 16.0. The first-order chi connectivity index (χ1) is 10.1. The fourth-order valence-corrected chi connectivity index (χ4v) is 2.50. The molecule has 5 nitrogen and oxygen atoms in total. The number of likely N-dealkylation sites (N-methyl/N-ethyl adjacent to an activating group) is 1. The van der Waals surface area contributed by atoms with E-state index in [1.165, 1.54) is 0 Å². The summed E-state index contributed by atoms with van der Waals surface area (Å²) in [6, 6.07) is 3.77. The van der Waals surface area contributed by atoms with Crippen molar-refractivity contribution >= 4 is 5.91 Å². The van der Waals surface area contributed by atoms with Gasteiger partial charge in [0.25, 0.3) is 0 Å². The third-order valence-corrected chi connectivity index (χ3v) is 3.77. The van der Waals surface area contributed by atoms with Crippen molar-refractivity contribution in [2.45, 2.75) is 38.3 Å². The summed E-state index contributed by atoms with van der Waals surface area (Å²) in [5.41, 5.74) is 0. The van der Waals surface area contributed by atoms with Crippen LogP contribution < -0.4 is 0 Å². The summed E-state index contributed by atoms with van der Waals surface area (Å²) in [6.45, 7) is 2.87. The minimum absolute atomic E-state index is 0.0877. The molecule has 0 spiro atoms. The van der Waals surface area contributed by atoms with Crippen LogP contribution in [0.2, 0.25) is 0 Å². The molecule has 0 saturated carbocycles. The minimum Gasteiger partial charge on any atom is -0.467 e. The molecule has 1 aromatic rings. The number of amides is 1. The summed E-state index contributed by atoms with van der Waals surface area (Å²) in [6.07, 6.45) is 5.48. The number of furan rings is 1. The molecule has 0 N–H and O–H groups in total. The molecule has 1 aromatic heterocycles. The van der Waals surface area contributed by atoms with Gasteiger partial charge in [0.2, 0.25) is 5.91 Å². The summed E-state index contributed by atoms with van der Waals surface area (Å²) in [5, 5.41) is 0. The number of carbonyl (C=O) groups excluding carboxylic acids is 1. The molecule has 1 atom stereocenters. The zero-order chi connectivity index (χ0) is 15.1. The molecule has 118 valence electrons. The summed E-state index contributed by atoms with van der Waals surface area (Å²) in [5.74, 6) is 0.979. The fraction of sp³-hybridized carbons (Fsp3) is 0.688. The van der Waals surface area contributed by atoms with Gasteiger partial charge in [-0.05, 0) is 45.5 Å². The van der Waals surface area contributed by atoms with Gasteiger partial charge in [-0.3, -0.25) is 4.79 Å². The van der Waals surface area contributed by atoms with Gasteiger partial charge in [0.15, 0.2) is 0 Å². The van der Waals surface area contributed by atoms with Crippen molar-refractivity contribution in [2.24, 2.45) is 0 Å². The highest BCUT2D eigenvalue weighted by Gasteiger charge is 2.22. The maximum absolute atomic E-state index is 12.5. The number of nitrogens with zero attached hydrogens (tertiary/aromatic N) is 2. The zero-order valence-corrected chi connectivity index (χ0v) is 13.1. The van der Waals surface area contributed by atoms with E-state index in [9.17, 15) is 4.79 Å². The average molecular weight is 294 g/mol. The normalized spacial score (nSPS) is 18.9. The van der Waals surface area contributed by atoms with E-state index in [4.69, 9.17) is 9.15 Å². The van der Waals surface area contributed by atoms with Crippen LogP contribution in [0.4, 0.5) is 0 Å². The van der Waals surface area contributed by atoms with Crippen LogP contribution in [-0.2, 0) is 16.1 Å². The van der Waals surface area contributed by atoms with Gasteiger partial charge in [0.1, 0.15) is 5.76 Å². The number of rotatable bonds is 7. The Morgan fingerprint density at radius 1 is 1.33 bits per heavy atom. The molecule has 1 amide bonds. The number of ether oxygens (including phenoxy) is 1. The van der Waals surface area contributed by atoms with Gasteiger partial charge in [-0.25, -0.2) is 0 Å². The predicted molar refractivity (Wildman–Crippen MR) is 80.9 cm³/mol. The second kappa shape index (κ2) is 8.20. The highest BCUT2D eigenvalue weighted by atomic mass is 16.5. The Bertz CT molecular complexity index is 411. The van der Waals surface area contributed by atoms with Gasteiger partial charge in [-0.2, -0.15) is 0 Å². The van der Waals surface area contributed by atoms with Crippen molar-refractivity contribution in [1.82, 2.24) is 9.80 Å². The van der Waals surface area contributed by atoms with Crippen molar-refractivity contribution in [1.29, 1.82) is 0 Å². The lowest BCUT2D eigenvalue weighted by atomic mass is 10.1. The van der Waals surface area contributed by atoms with Crippen LogP contribution in [0.3, 0.4) is 0 Å². The van der Waals surface area contributed by atoms with E-state index < -0.39 is 0 Å². The summed E-state index contributed by atoms with van der Waals surface area (Å²) in [4.78, 5) is 16.5. The lowest BCUT2D eigenvalue weighted by molar-refractivity contribution is -0.136.